The minimum atomic E-state index is -4.66. The van der Waals surface area contributed by atoms with E-state index >= 15 is 0 Å². The van der Waals surface area contributed by atoms with Crippen LogP contribution in [0.5, 0.6) is 0 Å². The lowest BCUT2D eigenvalue weighted by Crippen LogP contribution is -2.07. The zero-order valence-electron chi connectivity index (χ0n) is 8.12. The monoisotopic (exact) mass is 263 g/mol. The van der Waals surface area contributed by atoms with E-state index in [-0.39, 0.29) is 22.2 Å². The number of nitrogens with two attached hydrogens (primary N) is 1. The van der Waals surface area contributed by atoms with Gasteiger partial charge in [0.2, 0.25) is 0 Å². The Bertz CT molecular complexity index is 553. The molecular formula is C9H5ClF3N3O. The Balaban J connectivity index is 2.48. The zero-order valence-corrected chi connectivity index (χ0v) is 8.88. The maximum absolute atomic E-state index is 12.3. The number of nitrogens with zero attached hydrogens (tertiary/aromatic N) is 2. The molecule has 0 spiro atoms. The summed E-state index contributed by atoms with van der Waals surface area (Å²) < 4.78 is 41.3. The minimum absolute atomic E-state index is 0.0894. The number of hydrogen-bond donors (Lipinski definition) is 1. The van der Waals surface area contributed by atoms with Gasteiger partial charge in [-0.3, -0.25) is 0 Å². The van der Waals surface area contributed by atoms with Gasteiger partial charge in [0.05, 0.1) is 16.3 Å². The molecule has 4 nitrogen and oxygen atoms in total. The second kappa shape index (κ2) is 3.92. The van der Waals surface area contributed by atoms with Crippen molar-refractivity contribution >= 4 is 17.3 Å². The minimum Gasteiger partial charge on any atom is -0.397 e. The Hall–Kier alpha value is -1.76. The number of alkyl halides is 3. The van der Waals surface area contributed by atoms with Crippen molar-refractivity contribution in [1.29, 1.82) is 0 Å². The highest BCUT2D eigenvalue weighted by Gasteiger charge is 2.37. The second-order valence-corrected chi connectivity index (χ2v) is 3.53. The first kappa shape index (κ1) is 11.7. The Kier molecular flexibility index (Phi) is 2.70. The number of aromatic nitrogens is 2. The van der Waals surface area contributed by atoms with Crippen molar-refractivity contribution in [3.63, 3.8) is 0 Å². The van der Waals surface area contributed by atoms with E-state index in [1.165, 1.54) is 18.2 Å². The lowest BCUT2D eigenvalue weighted by atomic mass is 10.2. The highest BCUT2D eigenvalue weighted by molar-refractivity contribution is 6.33. The van der Waals surface area contributed by atoms with Gasteiger partial charge in [0.1, 0.15) is 0 Å². The van der Waals surface area contributed by atoms with Crippen LogP contribution < -0.4 is 5.73 Å². The van der Waals surface area contributed by atoms with Crippen LogP contribution in [0.25, 0.3) is 11.5 Å². The van der Waals surface area contributed by atoms with Crippen LogP contribution in [0.15, 0.2) is 22.7 Å². The van der Waals surface area contributed by atoms with Crippen LogP contribution in [0.2, 0.25) is 5.02 Å². The molecule has 2 aromatic rings. The fourth-order valence-corrected chi connectivity index (χ4v) is 1.35. The van der Waals surface area contributed by atoms with Crippen molar-refractivity contribution in [1.82, 2.24) is 10.1 Å². The third-order valence-electron chi connectivity index (χ3n) is 1.96. The summed E-state index contributed by atoms with van der Waals surface area (Å²) in [6, 6.07) is 4.46. The number of nitrogen functional groups attached to an aromatic ring is 1. The predicted octanol–water partition coefficient (Wildman–Crippen LogP) is 2.99. The first-order valence-corrected chi connectivity index (χ1v) is 4.72. The standard InChI is InChI=1S/C9H5ClF3N3O/c10-5-3-1-2-4(6(5)14)7-15-8(16-17-7)9(11,12)13/h1-3H,14H2. The van der Waals surface area contributed by atoms with E-state index in [0.29, 0.717) is 0 Å². The Morgan fingerprint density at radius 3 is 2.59 bits per heavy atom. The van der Waals surface area contributed by atoms with Crippen LogP contribution in [-0.4, -0.2) is 10.1 Å². The predicted molar refractivity (Wildman–Crippen MR) is 54.2 cm³/mol. The van der Waals surface area contributed by atoms with E-state index in [0.717, 1.165) is 0 Å². The molecule has 0 saturated heterocycles. The molecule has 0 aliphatic heterocycles. The van der Waals surface area contributed by atoms with E-state index in [4.69, 9.17) is 17.3 Å². The van der Waals surface area contributed by atoms with E-state index in [1.807, 2.05) is 0 Å². The van der Waals surface area contributed by atoms with Gasteiger partial charge < -0.3 is 10.3 Å². The zero-order chi connectivity index (χ0) is 12.6. The molecule has 0 aliphatic rings. The fourth-order valence-electron chi connectivity index (χ4n) is 1.17. The summed E-state index contributed by atoms with van der Waals surface area (Å²) in [5.41, 5.74) is 5.85. The summed E-state index contributed by atoms with van der Waals surface area (Å²) in [5.74, 6) is -1.68. The van der Waals surface area contributed by atoms with Crippen LogP contribution in [-0.2, 0) is 6.18 Å². The molecule has 8 heteroatoms. The number of benzene rings is 1. The molecule has 1 heterocycles. The molecule has 1 aromatic heterocycles. The number of para-hydroxylation sites is 1. The fraction of sp³-hybridized carbons (Fsp3) is 0.111. The van der Waals surface area contributed by atoms with Crippen molar-refractivity contribution in [2.24, 2.45) is 0 Å². The number of hydrogen-bond acceptors (Lipinski definition) is 4. The van der Waals surface area contributed by atoms with Crippen molar-refractivity contribution in [2.45, 2.75) is 6.18 Å². The molecular weight excluding hydrogens is 259 g/mol. The van der Waals surface area contributed by atoms with E-state index in [9.17, 15) is 13.2 Å². The first-order chi connectivity index (χ1) is 7.89. The van der Waals surface area contributed by atoms with Gasteiger partial charge in [-0.1, -0.05) is 22.8 Å². The SMILES string of the molecule is Nc1c(Cl)cccc1-c1nc(C(F)(F)F)no1. The van der Waals surface area contributed by atoms with Crippen molar-refractivity contribution < 1.29 is 17.7 Å². The molecule has 1 aromatic carbocycles. The first-order valence-electron chi connectivity index (χ1n) is 4.35. The Morgan fingerprint density at radius 2 is 2.00 bits per heavy atom. The second-order valence-electron chi connectivity index (χ2n) is 3.12. The quantitative estimate of drug-likeness (QED) is 0.803. The van der Waals surface area contributed by atoms with Gasteiger partial charge in [-0.15, -0.1) is 0 Å². The molecule has 0 atom stereocenters. The normalized spacial score (nSPS) is 11.8. The van der Waals surface area contributed by atoms with Crippen LogP contribution in [0.4, 0.5) is 18.9 Å². The molecule has 2 N–H and O–H groups in total. The summed E-state index contributed by atoms with van der Waals surface area (Å²) in [6.07, 6.45) is -4.66. The van der Waals surface area contributed by atoms with E-state index in [2.05, 4.69) is 14.7 Å². The average Bonchev–Trinajstić information content (AvgIpc) is 2.70. The van der Waals surface area contributed by atoms with Gasteiger partial charge >= 0.3 is 6.18 Å². The highest BCUT2D eigenvalue weighted by atomic mass is 35.5. The van der Waals surface area contributed by atoms with Gasteiger partial charge in [0.25, 0.3) is 11.7 Å². The van der Waals surface area contributed by atoms with Crippen LogP contribution in [0, 0.1) is 0 Å². The van der Waals surface area contributed by atoms with Crippen molar-refractivity contribution in [2.75, 3.05) is 5.73 Å². The van der Waals surface area contributed by atoms with Crippen molar-refractivity contribution in [3.05, 3.63) is 29.0 Å². The van der Waals surface area contributed by atoms with E-state index in [1.54, 1.807) is 0 Å². The third kappa shape index (κ3) is 2.19. The summed E-state index contributed by atoms with van der Waals surface area (Å²) in [6.45, 7) is 0. The van der Waals surface area contributed by atoms with E-state index < -0.39 is 12.0 Å². The lowest BCUT2D eigenvalue weighted by Gasteiger charge is -2.01. The molecule has 0 unspecified atom stereocenters. The Morgan fingerprint density at radius 1 is 1.29 bits per heavy atom. The largest absolute Gasteiger partial charge is 0.455 e. The molecule has 17 heavy (non-hydrogen) atoms. The summed E-state index contributed by atoms with van der Waals surface area (Å²) in [5, 5.41) is 3.03. The maximum Gasteiger partial charge on any atom is 0.455 e. The molecule has 0 bridgehead atoms. The van der Waals surface area contributed by atoms with Crippen molar-refractivity contribution in [3.8, 4) is 11.5 Å². The highest BCUT2D eigenvalue weighted by Crippen LogP contribution is 2.33. The molecule has 0 amide bonds. The molecule has 2 rings (SSSR count). The Labute approximate surface area is 98.2 Å². The molecule has 0 radical (unpaired) electrons. The van der Waals surface area contributed by atoms with Gasteiger partial charge in [0, 0.05) is 0 Å². The summed E-state index contributed by atoms with van der Waals surface area (Å²) in [7, 11) is 0. The molecule has 0 fully saturated rings. The van der Waals surface area contributed by atoms with Crippen LogP contribution in [0.1, 0.15) is 5.82 Å². The average molecular weight is 264 g/mol. The van der Waals surface area contributed by atoms with Crippen LogP contribution >= 0.6 is 11.6 Å². The van der Waals surface area contributed by atoms with Gasteiger partial charge in [-0.25, -0.2) is 0 Å². The maximum atomic E-state index is 12.3. The van der Waals surface area contributed by atoms with Gasteiger partial charge in [-0.2, -0.15) is 18.2 Å². The summed E-state index contributed by atoms with van der Waals surface area (Å²) in [4.78, 5) is 3.21. The molecule has 0 saturated carbocycles. The molecule has 90 valence electrons. The summed E-state index contributed by atoms with van der Waals surface area (Å²) >= 11 is 5.72. The van der Waals surface area contributed by atoms with Gasteiger partial charge in [0.15, 0.2) is 0 Å². The smallest absolute Gasteiger partial charge is 0.397 e. The third-order valence-corrected chi connectivity index (χ3v) is 2.29. The van der Waals surface area contributed by atoms with Gasteiger partial charge in [-0.05, 0) is 12.1 Å². The number of anilines is 1. The number of rotatable bonds is 1. The van der Waals surface area contributed by atoms with Crippen LogP contribution in [0.3, 0.4) is 0 Å². The topological polar surface area (TPSA) is 64.9 Å². The molecule has 0 aliphatic carbocycles. The lowest BCUT2D eigenvalue weighted by molar-refractivity contribution is -0.146. The number of halogens is 4.